The molecule has 0 saturated carbocycles. The zero-order chi connectivity index (χ0) is 21.1. The third-order valence-electron chi connectivity index (χ3n) is 4.73. The Morgan fingerprint density at radius 2 is 1.86 bits per heavy atom. The molecule has 29 heavy (non-hydrogen) atoms. The molecule has 154 valence electrons. The van der Waals surface area contributed by atoms with Gasteiger partial charge in [-0.3, -0.25) is 14.7 Å². The zero-order valence-corrected chi connectivity index (χ0v) is 17.3. The van der Waals surface area contributed by atoms with Gasteiger partial charge in [0.25, 0.3) is 0 Å². The third-order valence-corrected chi connectivity index (χ3v) is 4.73. The molecule has 1 saturated heterocycles. The van der Waals surface area contributed by atoms with Gasteiger partial charge < -0.3 is 14.8 Å². The number of carbonyl (C=O) groups excluding carboxylic acids is 2. The van der Waals surface area contributed by atoms with Crippen LogP contribution >= 0.6 is 0 Å². The molecule has 0 aliphatic carbocycles. The van der Waals surface area contributed by atoms with E-state index in [1.165, 1.54) is 4.90 Å². The van der Waals surface area contributed by atoms with Crippen molar-refractivity contribution in [2.45, 2.75) is 51.7 Å². The van der Waals surface area contributed by atoms with E-state index in [-0.39, 0.29) is 5.91 Å². The van der Waals surface area contributed by atoms with Crippen LogP contribution in [0.3, 0.4) is 0 Å². The normalized spacial score (nSPS) is 19.0. The second-order valence-corrected chi connectivity index (χ2v) is 8.28. The summed E-state index contributed by atoms with van der Waals surface area (Å²) in [6.07, 6.45) is 4.17. The molecule has 7 heteroatoms. The molecule has 0 unspecified atom stereocenters. The van der Waals surface area contributed by atoms with Crippen molar-refractivity contribution in [1.29, 1.82) is 0 Å². The van der Waals surface area contributed by atoms with Gasteiger partial charge >= 0.3 is 6.09 Å². The van der Waals surface area contributed by atoms with Crippen molar-refractivity contribution in [3.63, 3.8) is 0 Å². The Balaban J connectivity index is 1.66. The van der Waals surface area contributed by atoms with E-state index in [1.807, 2.05) is 26.8 Å². The molecule has 0 bridgehead atoms. The lowest BCUT2D eigenvalue weighted by Gasteiger charge is -2.35. The highest BCUT2D eigenvalue weighted by Gasteiger charge is 2.47. The smallest absolute Gasteiger partial charge is 0.411 e. The van der Waals surface area contributed by atoms with Gasteiger partial charge in [-0.15, -0.1) is 0 Å². The van der Waals surface area contributed by atoms with Crippen molar-refractivity contribution in [3.8, 4) is 11.5 Å². The van der Waals surface area contributed by atoms with E-state index in [4.69, 9.17) is 9.47 Å². The van der Waals surface area contributed by atoms with Crippen LogP contribution < -0.4 is 10.1 Å². The van der Waals surface area contributed by atoms with Crippen molar-refractivity contribution >= 4 is 17.7 Å². The first-order valence-electron chi connectivity index (χ1n) is 9.67. The molecule has 1 atom stereocenters. The van der Waals surface area contributed by atoms with Crippen LogP contribution in [0.4, 0.5) is 10.5 Å². The molecule has 1 aliphatic rings. The van der Waals surface area contributed by atoms with Gasteiger partial charge in [-0.1, -0.05) is 0 Å². The number of nitrogens with one attached hydrogen (secondary N) is 1. The summed E-state index contributed by atoms with van der Waals surface area (Å²) in [5.41, 5.74) is -0.931. The number of anilines is 1. The first-order chi connectivity index (χ1) is 13.7. The molecule has 1 fully saturated rings. The second-order valence-electron chi connectivity index (χ2n) is 8.28. The molecule has 1 aromatic heterocycles. The number of pyridine rings is 1. The highest BCUT2D eigenvalue weighted by Crippen LogP contribution is 2.32. The Labute approximate surface area is 171 Å². The van der Waals surface area contributed by atoms with Gasteiger partial charge in [-0.25, -0.2) is 4.79 Å². The van der Waals surface area contributed by atoms with Crippen LogP contribution in [-0.2, 0) is 9.53 Å². The number of amides is 2. The molecule has 1 aromatic carbocycles. The van der Waals surface area contributed by atoms with Crippen LogP contribution in [0.1, 0.15) is 40.5 Å². The molecule has 1 aliphatic heterocycles. The minimum atomic E-state index is -0.951. The Hall–Kier alpha value is -3.09. The van der Waals surface area contributed by atoms with Crippen molar-refractivity contribution in [2.75, 3.05) is 11.9 Å². The fourth-order valence-corrected chi connectivity index (χ4v) is 3.22. The second kappa shape index (κ2) is 8.11. The first-order valence-corrected chi connectivity index (χ1v) is 9.67. The molecule has 0 spiro atoms. The summed E-state index contributed by atoms with van der Waals surface area (Å²) in [5.74, 6) is 1.04. The lowest BCUT2D eigenvalue weighted by Crippen LogP contribution is -2.54. The summed E-state index contributed by atoms with van der Waals surface area (Å²) in [6, 6.07) is 10.7. The topological polar surface area (TPSA) is 80.8 Å². The van der Waals surface area contributed by atoms with Crippen LogP contribution in [0.15, 0.2) is 48.8 Å². The summed E-state index contributed by atoms with van der Waals surface area (Å²) in [5, 5.41) is 2.91. The molecule has 2 aromatic rings. The van der Waals surface area contributed by atoms with E-state index < -0.39 is 17.2 Å². The standard InChI is InChI=1S/C22H27N3O4/c1-21(2,3)29-20(27)25-14-6-12-22(25,4)19(26)24-16-8-10-17(11-9-16)28-18-7-5-13-23-15-18/h5,7-11,13,15H,6,12,14H2,1-4H3,(H,24,26)/t22-/m0/s1. The maximum atomic E-state index is 13.0. The lowest BCUT2D eigenvalue weighted by molar-refractivity contribution is -0.125. The Bertz CT molecular complexity index is 862. The van der Waals surface area contributed by atoms with Crippen LogP contribution in [0, 0.1) is 0 Å². The van der Waals surface area contributed by atoms with E-state index in [0.717, 1.165) is 6.42 Å². The van der Waals surface area contributed by atoms with E-state index in [0.29, 0.717) is 30.2 Å². The molecule has 2 heterocycles. The van der Waals surface area contributed by atoms with Crippen LogP contribution in [0.5, 0.6) is 11.5 Å². The molecular weight excluding hydrogens is 370 g/mol. The molecule has 1 N–H and O–H groups in total. The van der Waals surface area contributed by atoms with Gasteiger partial charge in [0.05, 0.1) is 6.20 Å². The fourth-order valence-electron chi connectivity index (χ4n) is 3.22. The van der Waals surface area contributed by atoms with Gasteiger partial charge in [0.2, 0.25) is 5.91 Å². The monoisotopic (exact) mass is 397 g/mol. The van der Waals surface area contributed by atoms with Crippen molar-refractivity contribution in [2.24, 2.45) is 0 Å². The van der Waals surface area contributed by atoms with Gasteiger partial charge in [0, 0.05) is 18.4 Å². The highest BCUT2D eigenvalue weighted by molar-refractivity contribution is 6.00. The van der Waals surface area contributed by atoms with Gasteiger partial charge in [-0.05, 0) is 76.9 Å². The highest BCUT2D eigenvalue weighted by atomic mass is 16.6. The van der Waals surface area contributed by atoms with E-state index in [2.05, 4.69) is 10.3 Å². The molecule has 7 nitrogen and oxygen atoms in total. The molecule has 2 amide bonds. The summed E-state index contributed by atoms with van der Waals surface area (Å²) in [6.45, 7) is 7.71. The number of hydrogen-bond acceptors (Lipinski definition) is 5. The maximum Gasteiger partial charge on any atom is 0.411 e. The van der Waals surface area contributed by atoms with Gasteiger partial charge in [0.15, 0.2) is 0 Å². The van der Waals surface area contributed by atoms with E-state index in [9.17, 15) is 9.59 Å². The average molecular weight is 397 g/mol. The number of aromatic nitrogens is 1. The van der Waals surface area contributed by atoms with Gasteiger partial charge in [0.1, 0.15) is 22.6 Å². The fraction of sp³-hybridized carbons (Fsp3) is 0.409. The average Bonchev–Trinajstić information content (AvgIpc) is 3.06. The number of rotatable bonds is 4. The van der Waals surface area contributed by atoms with E-state index >= 15 is 0 Å². The Morgan fingerprint density at radius 1 is 1.14 bits per heavy atom. The number of carbonyl (C=O) groups is 2. The van der Waals surface area contributed by atoms with Crippen molar-refractivity contribution < 1.29 is 19.1 Å². The summed E-state index contributed by atoms with van der Waals surface area (Å²) in [7, 11) is 0. The Kier molecular flexibility index (Phi) is 5.77. The van der Waals surface area contributed by atoms with Crippen LogP contribution in [0.25, 0.3) is 0 Å². The summed E-state index contributed by atoms with van der Waals surface area (Å²) in [4.78, 5) is 31.1. The summed E-state index contributed by atoms with van der Waals surface area (Å²) < 4.78 is 11.2. The molecular formula is C22H27N3O4. The third kappa shape index (κ3) is 5.04. The van der Waals surface area contributed by atoms with Crippen molar-refractivity contribution in [3.05, 3.63) is 48.8 Å². The predicted molar refractivity (Wildman–Crippen MR) is 110 cm³/mol. The van der Waals surface area contributed by atoms with Gasteiger partial charge in [-0.2, -0.15) is 0 Å². The Morgan fingerprint density at radius 3 is 2.48 bits per heavy atom. The summed E-state index contributed by atoms with van der Waals surface area (Å²) >= 11 is 0. The minimum absolute atomic E-state index is 0.234. The largest absolute Gasteiger partial charge is 0.456 e. The number of hydrogen-bond donors (Lipinski definition) is 1. The van der Waals surface area contributed by atoms with Crippen LogP contribution in [0.2, 0.25) is 0 Å². The SMILES string of the molecule is CC(C)(C)OC(=O)N1CCC[C@@]1(C)C(=O)Nc1ccc(Oc2cccnc2)cc1. The quantitative estimate of drug-likeness (QED) is 0.815. The van der Waals surface area contributed by atoms with Crippen molar-refractivity contribution in [1.82, 2.24) is 9.88 Å². The van der Waals surface area contributed by atoms with E-state index in [1.54, 1.807) is 49.6 Å². The maximum absolute atomic E-state index is 13.0. The lowest BCUT2D eigenvalue weighted by atomic mass is 9.97. The number of likely N-dealkylation sites (tertiary alicyclic amines) is 1. The van der Waals surface area contributed by atoms with Crippen LogP contribution in [-0.4, -0.2) is 39.6 Å². The molecule has 3 rings (SSSR count). The number of nitrogens with zero attached hydrogens (tertiary/aromatic N) is 2. The molecule has 0 radical (unpaired) electrons. The first kappa shape index (κ1) is 20.6. The minimum Gasteiger partial charge on any atom is -0.456 e. The number of benzene rings is 1. The predicted octanol–water partition coefficient (Wildman–Crippen LogP) is 4.60. The zero-order valence-electron chi connectivity index (χ0n) is 17.3. The number of ether oxygens (including phenoxy) is 2.